The van der Waals surface area contributed by atoms with Gasteiger partial charge in [0.1, 0.15) is 5.58 Å². The Morgan fingerprint density at radius 2 is 1.26 bits per heavy atom. The van der Waals surface area contributed by atoms with Gasteiger partial charge in [0.15, 0.2) is 0 Å². The molecule has 369 valence electrons. The van der Waals surface area contributed by atoms with E-state index in [4.69, 9.17) is 12.1 Å². The van der Waals surface area contributed by atoms with Crippen LogP contribution in [0.2, 0.25) is 39.3 Å². The Kier molecular flexibility index (Phi) is 14.4. The van der Waals surface area contributed by atoms with E-state index in [2.05, 4.69) is 204 Å². The van der Waals surface area contributed by atoms with Crippen LogP contribution in [-0.4, -0.2) is 30.7 Å². The van der Waals surface area contributed by atoms with Crippen LogP contribution in [0.15, 0.2) is 162 Å². The number of nitrogens with zero attached hydrogens (tertiary/aromatic N) is 3. The number of furan rings is 1. The van der Waals surface area contributed by atoms with E-state index >= 15 is 0 Å². The molecule has 0 amide bonds. The topological polar surface area (TPSA) is 43.9 Å². The van der Waals surface area contributed by atoms with Crippen molar-refractivity contribution in [3.8, 4) is 50.6 Å². The van der Waals surface area contributed by atoms with E-state index in [1.54, 1.807) is 6.07 Å². The molecule has 0 bridgehead atoms. The number of benzene rings is 7. The number of hydrogen-bond donors (Lipinski definition) is 0. The molecule has 1 radical (unpaired) electrons. The van der Waals surface area contributed by atoms with Gasteiger partial charge in [-0.3, -0.25) is 4.98 Å². The number of fused-ring (bicyclic) bond motifs is 4. The van der Waals surface area contributed by atoms with Gasteiger partial charge in [0, 0.05) is 40.1 Å². The van der Waals surface area contributed by atoms with E-state index in [1.807, 2.05) is 57.3 Å². The normalized spacial score (nSPS) is 12.8. The molecule has 72 heavy (non-hydrogen) atoms. The molecular formula is C65H69IrN3OSi2-2. The maximum absolute atomic E-state index is 8.33. The minimum atomic E-state index is -1.40. The van der Waals surface area contributed by atoms with Crippen LogP contribution in [0.25, 0.3) is 83.6 Å². The molecule has 4 nitrogen and oxygen atoms in total. The van der Waals surface area contributed by atoms with Crippen molar-refractivity contribution in [2.24, 2.45) is 5.41 Å². The third-order valence-electron chi connectivity index (χ3n) is 13.3. The van der Waals surface area contributed by atoms with Crippen molar-refractivity contribution < 1.29 is 27.3 Å². The van der Waals surface area contributed by atoms with Gasteiger partial charge in [0.05, 0.1) is 38.6 Å². The van der Waals surface area contributed by atoms with Crippen LogP contribution < -0.4 is 10.4 Å². The zero-order chi connectivity index (χ0) is 52.2. The van der Waals surface area contributed by atoms with Gasteiger partial charge in [0.25, 0.3) is 0 Å². The molecule has 0 unspecified atom stereocenters. The van der Waals surface area contributed by atoms with Crippen LogP contribution >= 0.6 is 0 Å². The Labute approximate surface area is 447 Å². The number of para-hydroxylation sites is 2. The minimum Gasteiger partial charge on any atom is -0.501 e. The van der Waals surface area contributed by atoms with Crippen LogP contribution in [0.4, 0.5) is 0 Å². The van der Waals surface area contributed by atoms with Crippen LogP contribution in [0.3, 0.4) is 0 Å². The summed E-state index contributed by atoms with van der Waals surface area (Å²) in [5, 5.41) is 4.97. The molecule has 0 N–H and O–H groups in total. The summed E-state index contributed by atoms with van der Waals surface area (Å²) < 4.78 is 25.8. The van der Waals surface area contributed by atoms with Crippen LogP contribution in [0, 0.1) is 17.5 Å². The standard InChI is InChI=1S/C46H43N2OSi.C19H26NSi.Ir/c1-29(2)39-26-34(32-20-23-35(24-21-32)50(5,6)7)27-40(30(3)4)44(39)48-42-19-12-11-18-41(42)47-46(48)38-17-13-16-37-36-25-22-33(28-43(36)49-45(37)38)31-14-9-8-10-15-31;1-19(2,3)13-15-7-9-16(10-8-15)18-12-11-17(14-20-18)21(4,5)6;/h8-16,18-30H,1-7H3;7-9,11-12,14H,13H2,1-6H3;/q2*-1;/i;13D2;. The molecule has 0 saturated heterocycles. The first kappa shape index (κ1) is 49.6. The van der Waals surface area contributed by atoms with Gasteiger partial charge in [-0.2, -0.15) is 0 Å². The third-order valence-corrected chi connectivity index (χ3v) is 17.4. The van der Waals surface area contributed by atoms with Crippen LogP contribution in [0.1, 0.15) is 79.7 Å². The van der Waals surface area contributed by atoms with Crippen molar-refractivity contribution in [2.75, 3.05) is 0 Å². The molecule has 3 aromatic heterocycles. The largest absolute Gasteiger partial charge is 0.501 e. The molecule has 0 atom stereocenters. The summed E-state index contributed by atoms with van der Waals surface area (Å²) in [6, 6.07) is 60.2. The predicted molar refractivity (Wildman–Crippen MR) is 309 cm³/mol. The van der Waals surface area contributed by atoms with Crippen molar-refractivity contribution in [2.45, 2.75) is 106 Å². The van der Waals surface area contributed by atoms with E-state index in [-0.39, 0.29) is 31.9 Å². The summed E-state index contributed by atoms with van der Waals surface area (Å²) in [5.41, 5.74) is 15.2. The van der Waals surface area contributed by atoms with Crippen molar-refractivity contribution >= 4 is 59.5 Å². The Hall–Kier alpha value is -5.96. The first-order valence-electron chi connectivity index (χ1n) is 26.2. The zero-order valence-corrected chi connectivity index (χ0v) is 48.6. The molecule has 3 heterocycles. The molecule has 10 rings (SSSR count). The molecule has 0 aliphatic rings. The molecule has 0 saturated carbocycles. The third kappa shape index (κ3) is 11.2. The van der Waals surface area contributed by atoms with Gasteiger partial charge in [-0.05, 0) is 91.8 Å². The fraction of sp³-hybridized carbons (Fsp3) is 0.262. The predicted octanol–water partition coefficient (Wildman–Crippen LogP) is 17.2. The maximum Gasteiger partial charge on any atom is 0.121 e. The van der Waals surface area contributed by atoms with Crippen molar-refractivity contribution in [1.82, 2.24) is 14.5 Å². The average molecular weight is 1160 g/mol. The summed E-state index contributed by atoms with van der Waals surface area (Å²) in [5.74, 6) is 1.40. The van der Waals surface area contributed by atoms with Gasteiger partial charge in [0.2, 0.25) is 0 Å². The fourth-order valence-electron chi connectivity index (χ4n) is 9.38. The quantitative estimate of drug-likeness (QED) is 0.101. The monoisotopic (exact) mass is 1160 g/mol. The second kappa shape index (κ2) is 20.9. The number of rotatable bonds is 10. The summed E-state index contributed by atoms with van der Waals surface area (Å²) in [6.07, 6.45) is 0.578. The van der Waals surface area contributed by atoms with Crippen LogP contribution in [-0.2, 0) is 26.5 Å². The van der Waals surface area contributed by atoms with Gasteiger partial charge >= 0.3 is 0 Å². The smallest absolute Gasteiger partial charge is 0.121 e. The van der Waals surface area contributed by atoms with E-state index < -0.39 is 27.9 Å². The van der Waals surface area contributed by atoms with E-state index in [0.29, 0.717) is 5.56 Å². The number of imidazole rings is 1. The average Bonchev–Trinajstić information content (AvgIpc) is 3.94. The number of aromatic nitrogens is 3. The maximum atomic E-state index is 8.33. The number of pyridine rings is 1. The fourth-order valence-corrected chi connectivity index (χ4v) is 11.6. The number of hydrogen-bond acceptors (Lipinski definition) is 3. The van der Waals surface area contributed by atoms with Crippen molar-refractivity contribution in [3.63, 3.8) is 0 Å². The molecule has 10 aromatic rings. The molecule has 0 aliphatic heterocycles. The van der Waals surface area contributed by atoms with Gasteiger partial charge in [-0.25, -0.2) is 0 Å². The van der Waals surface area contributed by atoms with E-state index in [0.717, 1.165) is 61.2 Å². The second-order valence-electron chi connectivity index (χ2n) is 22.7. The SMILES string of the molecule is CC(C)c1cc(-c2ccc([Si](C)(C)C)cc2)cc(C(C)C)c1-n1c(-c2[c-]ccc3c2oc2cc(-c4ccccc4)ccc23)nc2ccccc21.[2H]C([2H])(c1c[c-]c(-c2ccc([Si](C)(C)C)cn2)cc1)C(C)(C)C.[Ir]. The molecule has 7 heteroatoms. The van der Waals surface area contributed by atoms with Crippen molar-refractivity contribution in [3.05, 3.63) is 187 Å². The van der Waals surface area contributed by atoms with Gasteiger partial charge in [-0.1, -0.05) is 201 Å². The zero-order valence-electron chi connectivity index (χ0n) is 46.2. The summed E-state index contributed by atoms with van der Waals surface area (Å²) in [6.45, 7) is 29.1. The Bertz CT molecular complexity index is 3550. The molecular weight excluding hydrogens is 1090 g/mol. The molecule has 0 aliphatic carbocycles. The Morgan fingerprint density at radius 1 is 0.639 bits per heavy atom. The summed E-state index contributed by atoms with van der Waals surface area (Å²) >= 11 is 0. The molecule has 0 spiro atoms. The Morgan fingerprint density at radius 3 is 1.86 bits per heavy atom. The first-order chi connectivity index (χ1) is 34.5. The van der Waals surface area contributed by atoms with Gasteiger partial charge in [-0.15, -0.1) is 53.6 Å². The first-order valence-corrected chi connectivity index (χ1v) is 32.2. The molecule has 7 aromatic carbocycles. The van der Waals surface area contributed by atoms with Crippen molar-refractivity contribution in [1.29, 1.82) is 0 Å². The van der Waals surface area contributed by atoms with Crippen LogP contribution in [0.5, 0.6) is 0 Å². The second-order valence-corrected chi connectivity index (χ2v) is 32.9. The summed E-state index contributed by atoms with van der Waals surface area (Å²) in [7, 11) is -2.73. The summed E-state index contributed by atoms with van der Waals surface area (Å²) in [4.78, 5) is 9.90. The molecule has 0 fully saturated rings. The Balaban J connectivity index is 0.000000256. The van der Waals surface area contributed by atoms with E-state index in [1.165, 1.54) is 43.9 Å². The van der Waals surface area contributed by atoms with E-state index in [9.17, 15) is 0 Å². The van der Waals surface area contributed by atoms with Gasteiger partial charge < -0.3 is 14.0 Å². The minimum absolute atomic E-state index is 0.